The Morgan fingerprint density at radius 3 is 2.68 bits per heavy atom. The molecule has 0 unspecified atom stereocenters. The molecule has 2 aliphatic heterocycles. The van der Waals surface area contributed by atoms with E-state index in [-0.39, 0.29) is 0 Å². The standard InChI is InChI=1S/C21H22N2O2/c1-24-14-3-5-16-13(9-14)7-8-23-12-20-18(11-21(16)23)17-10-15(25-2)4-6-19(17)22-20/h3-6,9-10,21-22H,7-8,11-12H2,1-2H3/t21-/m0/s1. The van der Waals surface area contributed by atoms with E-state index in [1.165, 1.54) is 33.3 Å². The fourth-order valence-corrected chi connectivity index (χ4v) is 4.47. The van der Waals surface area contributed by atoms with Gasteiger partial charge in [0.1, 0.15) is 11.5 Å². The summed E-state index contributed by atoms with van der Waals surface area (Å²) in [5.74, 6) is 1.88. The van der Waals surface area contributed by atoms with Crippen molar-refractivity contribution < 1.29 is 9.47 Å². The molecule has 0 amide bonds. The Balaban J connectivity index is 1.60. The average Bonchev–Trinajstić information content (AvgIpc) is 3.02. The van der Waals surface area contributed by atoms with E-state index < -0.39 is 0 Å². The Bertz CT molecular complexity index is 960. The predicted octanol–water partition coefficient (Wildman–Crippen LogP) is 3.84. The molecule has 25 heavy (non-hydrogen) atoms. The SMILES string of the molecule is COc1ccc2c(c1)CCN1Cc3[nH]c4ccc(OC)cc4c3C[C@@H]21. The zero-order valence-electron chi connectivity index (χ0n) is 14.6. The number of fused-ring (bicyclic) bond motifs is 6. The monoisotopic (exact) mass is 334 g/mol. The van der Waals surface area contributed by atoms with Gasteiger partial charge in [-0.05, 0) is 59.9 Å². The van der Waals surface area contributed by atoms with Crippen LogP contribution in [-0.4, -0.2) is 30.6 Å². The van der Waals surface area contributed by atoms with Crippen LogP contribution in [0.4, 0.5) is 0 Å². The number of nitrogens with one attached hydrogen (secondary N) is 1. The van der Waals surface area contributed by atoms with Crippen LogP contribution in [0.15, 0.2) is 36.4 Å². The molecule has 2 aromatic carbocycles. The largest absolute Gasteiger partial charge is 0.497 e. The molecule has 3 heterocycles. The third-order valence-electron chi connectivity index (χ3n) is 5.78. The van der Waals surface area contributed by atoms with Crippen LogP contribution < -0.4 is 9.47 Å². The van der Waals surface area contributed by atoms with Crippen LogP contribution in [0.1, 0.15) is 28.4 Å². The molecule has 128 valence electrons. The smallest absolute Gasteiger partial charge is 0.119 e. The molecular formula is C21H22N2O2. The lowest BCUT2D eigenvalue weighted by molar-refractivity contribution is 0.159. The quantitative estimate of drug-likeness (QED) is 0.774. The minimum Gasteiger partial charge on any atom is -0.497 e. The highest BCUT2D eigenvalue weighted by Gasteiger charge is 2.33. The molecule has 4 nitrogen and oxygen atoms in total. The molecule has 1 aromatic heterocycles. The summed E-state index contributed by atoms with van der Waals surface area (Å²) in [5.41, 5.74) is 6.90. The number of benzene rings is 2. The van der Waals surface area contributed by atoms with Crippen LogP contribution in [0.3, 0.4) is 0 Å². The molecule has 1 atom stereocenters. The van der Waals surface area contributed by atoms with Crippen LogP contribution in [0.2, 0.25) is 0 Å². The van der Waals surface area contributed by atoms with Crippen molar-refractivity contribution >= 4 is 10.9 Å². The van der Waals surface area contributed by atoms with Gasteiger partial charge in [-0.3, -0.25) is 4.90 Å². The average molecular weight is 334 g/mol. The molecule has 0 saturated carbocycles. The van der Waals surface area contributed by atoms with Gasteiger partial charge < -0.3 is 14.5 Å². The van der Waals surface area contributed by atoms with Crippen molar-refractivity contribution in [3.05, 3.63) is 58.8 Å². The molecule has 0 aliphatic carbocycles. The Morgan fingerprint density at radius 2 is 1.84 bits per heavy atom. The Morgan fingerprint density at radius 1 is 1.04 bits per heavy atom. The van der Waals surface area contributed by atoms with E-state index in [1.807, 2.05) is 6.07 Å². The number of aromatic amines is 1. The summed E-state index contributed by atoms with van der Waals surface area (Å²) in [6.45, 7) is 2.09. The van der Waals surface area contributed by atoms with Gasteiger partial charge in [-0.15, -0.1) is 0 Å². The number of aromatic nitrogens is 1. The topological polar surface area (TPSA) is 37.5 Å². The number of hydrogen-bond acceptors (Lipinski definition) is 3. The fraction of sp³-hybridized carbons (Fsp3) is 0.333. The molecule has 0 radical (unpaired) electrons. The summed E-state index contributed by atoms with van der Waals surface area (Å²) in [6.07, 6.45) is 2.13. The number of nitrogens with zero attached hydrogens (tertiary/aromatic N) is 1. The molecule has 5 rings (SSSR count). The first-order valence-electron chi connectivity index (χ1n) is 8.85. The molecule has 0 spiro atoms. The minimum atomic E-state index is 0.451. The van der Waals surface area contributed by atoms with E-state index in [2.05, 4.69) is 40.2 Å². The van der Waals surface area contributed by atoms with Gasteiger partial charge in [0.25, 0.3) is 0 Å². The van der Waals surface area contributed by atoms with Crippen LogP contribution in [0.25, 0.3) is 10.9 Å². The van der Waals surface area contributed by atoms with E-state index in [4.69, 9.17) is 9.47 Å². The van der Waals surface area contributed by atoms with E-state index in [0.717, 1.165) is 37.4 Å². The maximum absolute atomic E-state index is 5.43. The molecule has 3 aromatic rings. The molecular weight excluding hydrogens is 312 g/mol. The Hall–Kier alpha value is -2.46. The van der Waals surface area contributed by atoms with E-state index >= 15 is 0 Å². The van der Waals surface area contributed by atoms with Crippen molar-refractivity contribution in [3.8, 4) is 11.5 Å². The van der Waals surface area contributed by atoms with Gasteiger partial charge in [0.05, 0.1) is 14.2 Å². The molecule has 2 aliphatic rings. The maximum atomic E-state index is 5.43. The second kappa shape index (κ2) is 5.53. The normalized spacial score (nSPS) is 19.2. The lowest BCUT2D eigenvalue weighted by atomic mass is 9.85. The van der Waals surface area contributed by atoms with E-state index in [1.54, 1.807) is 14.2 Å². The van der Waals surface area contributed by atoms with Crippen molar-refractivity contribution in [1.82, 2.24) is 9.88 Å². The lowest BCUT2D eigenvalue weighted by Crippen LogP contribution is -2.39. The number of H-pyrrole nitrogens is 1. The second-order valence-corrected chi connectivity index (χ2v) is 7.00. The predicted molar refractivity (Wildman–Crippen MR) is 98.4 cm³/mol. The lowest BCUT2D eigenvalue weighted by Gasteiger charge is -2.40. The highest BCUT2D eigenvalue weighted by atomic mass is 16.5. The van der Waals surface area contributed by atoms with Crippen LogP contribution >= 0.6 is 0 Å². The van der Waals surface area contributed by atoms with Crippen LogP contribution in [-0.2, 0) is 19.4 Å². The van der Waals surface area contributed by atoms with Crippen molar-refractivity contribution in [3.63, 3.8) is 0 Å². The van der Waals surface area contributed by atoms with Crippen molar-refractivity contribution in [1.29, 1.82) is 0 Å². The van der Waals surface area contributed by atoms with Crippen LogP contribution in [0.5, 0.6) is 11.5 Å². The van der Waals surface area contributed by atoms with Gasteiger partial charge >= 0.3 is 0 Å². The molecule has 0 saturated heterocycles. The van der Waals surface area contributed by atoms with E-state index in [0.29, 0.717) is 6.04 Å². The van der Waals surface area contributed by atoms with Crippen molar-refractivity contribution in [2.24, 2.45) is 0 Å². The Kier molecular flexibility index (Phi) is 3.28. The zero-order valence-corrected chi connectivity index (χ0v) is 14.6. The highest BCUT2D eigenvalue weighted by molar-refractivity contribution is 5.86. The zero-order chi connectivity index (χ0) is 17.0. The van der Waals surface area contributed by atoms with Crippen molar-refractivity contribution in [2.75, 3.05) is 20.8 Å². The first kappa shape index (κ1) is 14.8. The highest BCUT2D eigenvalue weighted by Crippen LogP contribution is 2.41. The maximum Gasteiger partial charge on any atom is 0.119 e. The first-order chi connectivity index (χ1) is 12.3. The summed E-state index contributed by atoms with van der Waals surface area (Å²) < 4.78 is 10.8. The summed E-state index contributed by atoms with van der Waals surface area (Å²) in [4.78, 5) is 6.23. The number of methoxy groups -OCH3 is 2. The summed E-state index contributed by atoms with van der Waals surface area (Å²) in [7, 11) is 3.47. The Labute approximate surface area is 147 Å². The van der Waals surface area contributed by atoms with Gasteiger partial charge in [0, 0.05) is 35.7 Å². The summed E-state index contributed by atoms with van der Waals surface area (Å²) in [5, 5.41) is 1.30. The van der Waals surface area contributed by atoms with Gasteiger partial charge in [-0.1, -0.05) is 6.07 Å². The van der Waals surface area contributed by atoms with Crippen molar-refractivity contribution in [2.45, 2.75) is 25.4 Å². The molecule has 0 bridgehead atoms. The fourth-order valence-electron chi connectivity index (χ4n) is 4.47. The van der Waals surface area contributed by atoms with Gasteiger partial charge in [0.15, 0.2) is 0 Å². The van der Waals surface area contributed by atoms with E-state index in [9.17, 15) is 0 Å². The number of rotatable bonds is 2. The third-order valence-corrected chi connectivity index (χ3v) is 5.78. The first-order valence-corrected chi connectivity index (χ1v) is 8.85. The van der Waals surface area contributed by atoms with Crippen LogP contribution in [0, 0.1) is 0 Å². The summed E-state index contributed by atoms with van der Waals surface area (Å²) >= 11 is 0. The second-order valence-electron chi connectivity index (χ2n) is 7.00. The molecule has 0 fully saturated rings. The van der Waals surface area contributed by atoms with Gasteiger partial charge in [-0.2, -0.15) is 0 Å². The van der Waals surface area contributed by atoms with Gasteiger partial charge in [0.2, 0.25) is 0 Å². The summed E-state index contributed by atoms with van der Waals surface area (Å²) in [6, 6.07) is 13.3. The minimum absolute atomic E-state index is 0.451. The molecule has 1 N–H and O–H groups in total. The number of ether oxygens (including phenoxy) is 2. The third kappa shape index (κ3) is 2.24. The number of hydrogen-bond donors (Lipinski definition) is 1. The molecule has 4 heteroatoms. The van der Waals surface area contributed by atoms with Gasteiger partial charge in [-0.25, -0.2) is 0 Å².